The van der Waals surface area contributed by atoms with Gasteiger partial charge in [0.05, 0.1) is 34.1 Å². The third-order valence-electron chi connectivity index (χ3n) is 4.96. The van der Waals surface area contributed by atoms with E-state index in [2.05, 4.69) is 39.4 Å². The van der Waals surface area contributed by atoms with Crippen LogP contribution < -0.4 is 0 Å². The van der Waals surface area contributed by atoms with Crippen LogP contribution in [0.3, 0.4) is 0 Å². The number of aliphatic hydroxyl groups is 3. The van der Waals surface area contributed by atoms with E-state index in [9.17, 15) is 9.50 Å². The van der Waals surface area contributed by atoms with E-state index in [4.69, 9.17) is 19.1 Å². The van der Waals surface area contributed by atoms with Crippen LogP contribution in [0.1, 0.15) is 34.9 Å². The molecule has 1 saturated heterocycles. The fraction of sp³-hybridized carbons (Fsp3) is 0.391. The lowest BCUT2D eigenvalue weighted by Crippen LogP contribution is -2.33. The standard InChI is InChI=1S/C21H20FIO3S2.2CH4O/c22-19-6-5-13(20-11-16(24)10-17(26-20)12-25-28-23)7-15(19)9-18-8-14-3-1-2-4-21(14)27-18;2*1-2/h1-8,16-17,20,24H,9-12H2;2*2H,1H3. The minimum atomic E-state index is -0.442. The summed E-state index contributed by atoms with van der Waals surface area (Å²) in [5.74, 6) is -0.209. The number of fused-ring (bicyclic) bond motifs is 1. The second-order valence-corrected chi connectivity index (χ2v) is 9.61. The Kier molecular flexibility index (Phi) is 12.4. The lowest BCUT2D eigenvalue weighted by molar-refractivity contribution is -0.108. The van der Waals surface area contributed by atoms with Crippen molar-refractivity contribution in [2.75, 3.05) is 20.8 Å². The predicted molar refractivity (Wildman–Crippen MR) is 138 cm³/mol. The number of hydrogen-bond acceptors (Lipinski definition) is 7. The van der Waals surface area contributed by atoms with Crippen LogP contribution in [0.2, 0.25) is 0 Å². The molecule has 9 heteroatoms. The molecule has 176 valence electrons. The number of aliphatic hydroxyl groups excluding tert-OH is 3. The molecule has 3 atom stereocenters. The van der Waals surface area contributed by atoms with Crippen LogP contribution in [-0.2, 0) is 15.3 Å². The molecular weight excluding hydrogens is 566 g/mol. The van der Waals surface area contributed by atoms with Crippen LogP contribution in [0.15, 0.2) is 48.5 Å². The Hall–Kier alpha value is -0.790. The van der Waals surface area contributed by atoms with E-state index in [1.165, 1.54) is 25.4 Å². The van der Waals surface area contributed by atoms with Crippen LogP contribution in [0.5, 0.6) is 0 Å². The molecule has 1 aromatic heterocycles. The largest absolute Gasteiger partial charge is 0.400 e. The van der Waals surface area contributed by atoms with Gasteiger partial charge in [-0.15, -0.1) is 11.3 Å². The maximum atomic E-state index is 14.5. The first-order valence-electron chi connectivity index (χ1n) is 10.0. The summed E-state index contributed by atoms with van der Waals surface area (Å²) in [5, 5.41) is 25.4. The number of ether oxygens (including phenoxy) is 1. The molecule has 1 aliphatic heterocycles. The third-order valence-corrected chi connectivity index (χ3v) is 7.06. The Morgan fingerprint density at radius 2 is 1.88 bits per heavy atom. The Morgan fingerprint density at radius 3 is 2.59 bits per heavy atom. The Morgan fingerprint density at radius 1 is 1.12 bits per heavy atom. The van der Waals surface area contributed by atoms with Crippen molar-refractivity contribution in [3.63, 3.8) is 0 Å². The summed E-state index contributed by atoms with van der Waals surface area (Å²) in [5.41, 5.74) is 1.56. The highest BCUT2D eigenvalue weighted by Crippen LogP contribution is 2.34. The van der Waals surface area contributed by atoms with Gasteiger partial charge in [-0.1, -0.05) is 24.3 Å². The van der Waals surface area contributed by atoms with E-state index in [0.717, 1.165) is 24.7 Å². The van der Waals surface area contributed by atoms with Crippen molar-refractivity contribution in [2.24, 2.45) is 0 Å². The summed E-state index contributed by atoms with van der Waals surface area (Å²) in [4.78, 5) is 1.13. The van der Waals surface area contributed by atoms with Gasteiger partial charge in [0, 0.05) is 64.3 Å². The summed E-state index contributed by atoms with van der Waals surface area (Å²) in [7, 11) is 3.26. The minimum absolute atomic E-state index is 0.160. The normalized spacial score (nSPS) is 20.2. The SMILES string of the molecule is CO.CO.OC1CC(COSI)OC(c2ccc(F)c(Cc3cc4ccccc4s3)c2)C1. The molecule has 5 nitrogen and oxygen atoms in total. The summed E-state index contributed by atoms with van der Waals surface area (Å²) < 4.78 is 27.2. The minimum Gasteiger partial charge on any atom is -0.400 e. The number of benzene rings is 2. The van der Waals surface area contributed by atoms with E-state index < -0.39 is 6.10 Å². The molecule has 2 heterocycles. The topological polar surface area (TPSA) is 79.2 Å². The molecule has 3 N–H and O–H groups in total. The average Bonchev–Trinajstić information content (AvgIpc) is 3.24. The van der Waals surface area contributed by atoms with Gasteiger partial charge in [-0.25, -0.2) is 4.39 Å². The van der Waals surface area contributed by atoms with Crippen LogP contribution in [0, 0.1) is 5.82 Å². The molecule has 2 aromatic carbocycles. The number of rotatable bonds is 6. The molecule has 3 aromatic rings. The summed E-state index contributed by atoms with van der Waals surface area (Å²) in [6.45, 7) is 0.428. The Labute approximate surface area is 208 Å². The molecule has 4 rings (SSSR count). The van der Waals surface area contributed by atoms with Crippen LogP contribution in [0.4, 0.5) is 4.39 Å². The zero-order chi connectivity index (χ0) is 23.5. The first-order valence-corrected chi connectivity index (χ1v) is 14.1. The highest BCUT2D eigenvalue weighted by atomic mass is 127. The lowest BCUT2D eigenvalue weighted by atomic mass is 9.94. The fourth-order valence-corrected chi connectivity index (χ4v) is 5.39. The van der Waals surface area contributed by atoms with Crippen molar-refractivity contribution >= 4 is 51.8 Å². The average molecular weight is 595 g/mol. The molecule has 0 amide bonds. The Bertz CT molecular complexity index is 922. The van der Waals surface area contributed by atoms with Gasteiger partial charge in [0.15, 0.2) is 0 Å². The van der Waals surface area contributed by atoms with Gasteiger partial charge in [-0.05, 0) is 40.8 Å². The fourth-order valence-electron chi connectivity index (χ4n) is 3.66. The van der Waals surface area contributed by atoms with Crippen molar-refractivity contribution in [2.45, 2.75) is 37.6 Å². The van der Waals surface area contributed by atoms with E-state index in [-0.39, 0.29) is 18.0 Å². The summed E-state index contributed by atoms with van der Waals surface area (Å²) in [6, 6.07) is 15.5. The van der Waals surface area contributed by atoms with Crippen molar-refractivity contribution < 1.29 is 28.6 Å². The van der Waals surface area contributed by atoms with Crippen LogP contribution >= 0.6 is 41.8 Å². The monoisotopic (exact) mass is 594 g/mol. The molecule has 32 heavy (non-hydrogen) atoms. The Balaban J connectivity index is 0.000000860. The highest BCUT2D eigenvalue weighted by molar-refractivity contribution is 14.2. The molecule has 1 aliphatic rings. The molecule has 0 spiro atoms. The van der Waals surface area contributed by atoms with Crippen molar-refractivity contribution in [1.82, 2.24) is 0 Å². The molecule has 1 fully saturated rings. The number of thiophene rings is 1. The molecule has 0 radical (unpaired) electrons. The predicted octanol–water partition coefficient (Wildman–Crippen LogP) is 5.44. The third kappa shape index (κ3) is 7.63. The molecule has 3 unspecified atom stereocenters. The molecule has 0 bridgehead atoms. The van der Waals surface area contributed by atoms with Gasteiger partial charge in [0.1, 0.15) is 5.82 Å². The first kappa shape index (κ1) is 27.5. The first-order chi connectivity index (χ1) is 15.6. The van der Waals surface area contributed by atoms with Crippen molar-refractivity contribution in [1.29, 1.82) is 0 Å². The number of hydrogen-bond donors (Lipinski definition) is 3. The maximum Gasteiger partial charge on any atom is 0.126 e. The quantitative estimate of drug-likeness (QED) is 0.261. The van der Waals surface area contributed by atoms with E-state index >= 15 is 0 Å². The van der Waals surface area contributed by atoms with Crippen molar-refractivity contribution in [3.8, 4) is 0 Å². The zero-order valence-corrected chi connectivity index (χ0v) is 21.7. The van der Waals surface area contributed by atoms with E-state index in [1.807, 2.05) is 18.2 Å². The zero-order valence-electron chi connectivity index (χ0n) is 17.9. The van der Waals surface area contributed by atoms with Gasteiger partial charge >= 0.3 is 0 Å². The van der Waals surface area contributed by atoms with Crippen LogP contribution in [0.25, 0.3) is 10.1 Å². The van der Waals surface area contributed by atoms with Crippen LogP contribution in [-0.4, -0.2) is 48.4 Å². The molecular formula is C23H28FIO5S2. The van der Waals surface area contributed by atoms with Gasteiger partial charge in [-0.2, -0.15) is 0 Å². The molecule has 0 saturated carbocycles. The maximum absolute atomic E-state index is 14.5. The summed E-state index contributed by atoms with van der Waals surface area (Å²) >= 11 is 3.76. The van der Waals surface area contributed by atoms with E-state index in [1.54, 1.807) is 17.4 Å². The second kappa shape index (κ2) is 14.5. The molecule has 0 aliphatic carbocycles. The summed E-state index contributed by atoms with van der Waals surface area (Å²) in [6.07, 6.45) is 0.769. The van der Waals surface area contributed by atoms with Gasteiger partial charge in [0.2, 0.25) is 0 Å². The highest BCUT2D eigenvalue weighted by Gasteiger charge is 2.30. The second-order valence-electron chi connectivity index (χ2n) is 7.00. The van der Waals surface area contributed by atoms with Crippen molar-refractivity contribution in [3.05, 3.63) is 70.4 Å². The van der Waals surface area contributed by atoms with Gasteiger partial charge in [0.25, 0.3) is 0 Å². The van der Waals surface area contributed by atoms with E-state index in [0.29, 0.717) is 31.4 Å². The number of halogens is 2. The van der Waals surface area contributed by atoms with Gasteiger partial charge in [-0.3, -0.25) is 0 Å². The lowest BCUT2D eigenvalue weighted by Gasteiger charge is -2.33. The van der Waals surface area contributed by atoms with Gasteiger partial charge < -0.3 is 24.2 Å². The smallest absolute Gasteiger partial charge is 0.126 e.